The van der Waals surface area contributed by atoms with Crippen molar-refractivity contribution in [3.8, 4) is 16.9 Å². The Morgan fingerprint density at radius 3 is 2.73 bits per heavy atom. The molecule has 0 aliphatic rings. The van der Waals surface area contributed by atoms with E-state index >= 15 is 0 Å². The largest absolute Gasteiger partial charge is 0.497 e. The van der Waals surface area contributed by atoms with Crippen LogP contribution in [0, 0.1) is 0 Å². The van der Waals surface area contributed by atoms with Crippen LogP contribution in [0.2, 0.25) is 0 Å². The number of aromatic nitrogens is 2. The van der Waals surface area contributed by atoms with Gasteiger partial charge in [-0.15, -0.1) is 0 Å². The van der Waals surface area contributed by atoms with Gasteiger partial charge in [0.15, 0.2) is 0 Å². The maximum Gasteiger partial charge on any atom is 0.241 e. The Balaban J connectivity index is 2.03. The van der Waals surface area contributed by atoms with E-state index in [0.717, 1.165) is 33.5 Å². The van der Waals surface area contributed by atoms with Crippen LogP contribution >= 0.6 is 0 Å². The van der Waals surface area contributed by atoms with E-state index in [-0.39, 0.29) is 0 Å². The first-order valence-electron chi connectivity index (χ1n) is 6.76. The second-order valence-electron chi connectivity index (χ2n) is 4.83. The van der Waals surface area contributed by atoms with Gasteiger partial charge in [-0.1, -0.05) is 12.1 Å². The Morgan fingerprint density at radius 2 is 2.05 bits per heavy atom. The molecule has 0 fully saturated rings. The van der Waals surface area contributed by atoms with E-state index in [1.165, 1.54) is 6.08 Å². The smallest absolute Gasteiger partial charge is 0.241 e. The quantitative estimate of drug-likeness (QED) is 0.726. The van der Waals surface area contributed by atoms with Crippen LogP contribution in [0.25, 0.3) is 28.2 Å². The number of nitrogens with two attached hydrogens (primary N) is 1. The molecule has 1 aromatic carbocycles. The number of benzene rings is 1. The normalized spacial score (nSPS) is 11.1. The molecule has 0 bridgehead atoms. The average Bonchev–Trinajstić information content (AvgIpc) is 2.95. The summed E-state index contributed by atoms with van der Waals surface area (Å²) < 4.78 is 5.16. The summed E-state index contributed by atoms with van der Waals surface area (Å²) in [6, 6.07) is 9.80. The van der Waals surface area contributed by atoms with Crippen LogP contribution in [0.3, 0.4) is 0 Å². The molecule has 110 valence electrons. The predicted octanol–water partition coefficient (Wildman–Crippen LogP) is 2.74. The molecule has 0 atom stereocenters. The zero-order chi connectivity index (χ0) is 15.5. The van der Waals surface area contributed by atoms with Crippen LogP contribution in [-0.2, 0) is 4.79 Å². The number of primary amides is 1. The number of carbonyl (C=O) groups is 1. The minimum atomic E-state index is -0.478. The molecule has 0 radical (unpaired) electrons. The van der Waals surface area contributed by atoms with E-state index in [1.807, 2.05) is 36.5 Å². The summed E-state index contributed by atoms with van der Waals surface area (Å²) >= 11 is 0. The molecule has 3 aromatic rings. The number of aromatic amines is 1. The molecule has 0 unspecified atom stereocenters. The second kappa shape index (κ2) is 5.73. The van der Waals surface area contributed by atoms with E-state index in [1.54, 1.807) is 19.4 Å². The fourth-order valence-electron chi connectivity index (χ4n) is 2.27. The molecule has 0 spiro atoms. The summed E-state index contributed by atoms with van der Waals surface area (Å²) in [5.74, 6) is 0.332. The second-order valence-corrected chi connectivity index (χ2v) is 4.83. The number of rotatable bonds is 4. The summed E-state index contributed by atoms with van der Waals surface area (Å²) in [4.78, 5) is 18.4. The minimum Gasteiger partial charge on any atom is -0.497 e. The lowest BCUT2D eigenvalue weighted by atomic mass is 10.1. The number of hydrogen-bond donors (Lipinski definition) is 2. The SMILES string of the molecule is COc1ccc(-c2cnc3[nH]cc(/C=C/C(N)=O)c3c2)cc1. The van der Waals surface area contributed by atoms with Gasteiger partial charge < -0.3 is 15.5 Å². The van der Waals surface area contributed by atoms with Crippen molar-refractivity contribution in [1.82, 2.24) is 9.97 Å². The number of amides is 1. The summed E-state index contributed by atoms with van der Waals surface area (Å²) in [5.41, 5.74) is 8.81. The molecular weight excluding hydrogens is 278 g/mol. The number of carbonyl (C=O) groups excluding carboxylic acids is 1. The number of methoxy groups -OCH3 is 1. The van der Waals surface area contributed by atoms with E-state index in [4.69, 9.17) is 10.5 Å². The lowest BCUT2D eigenvalue weighted by molar-refractivity contribution is -0.113. The van der Waals surface area contributed by atoms with Gasteiger partial charge in [-0.05, 0) is 29.8 Å². The predicted molar refractivity (Wildman–Crippen MR) is 86.3 cm³/mol. The molecule has 0 saturated carbocycles. The van der Waals surface area contributed by atoms with Gasteiger partial charge >= 0.3 is 0 Å². The first kappa shape index (κ1) is 13.9. The van der Waals surface area contributed by atoms with Crippen LogP contribution in [0.4, 0.5) is 0 Å². The Hall–Kier alpha value is -3.08. The number of nitrogens with zero attached hydrogens (tertiary/aromatic N) is 1. The standard InChI is InChI=1S/C17H15N3O2/c1-22-14-5-2-11(3-6-14)13-8-15-12(4-7-16(18)21)9-19-17(15)20-10-13/h2-10H,1H3,(H2,18,21)(H,19,20)/b7-4+. The van der Waals surface area contributed by atoms with Gasteiger partial charge in [-0.2, -0.15) is 0 Å². The van der Waals surface area contributed by atoms with Gasteiger partial charge in [-0.25, -0.2) is 4.98 Å². The maximum absolute atomic E-state index is 10.9. The summed E-state index contributed by atoms with van der Waals surface area (Å²) in [5, 5.41) is 0.936. The molecule has 3 N–H and O–H groups in total. The number of nitrogens with one attached hydrogen (secondary N) is 1. The van der Waals surface area contributed by atoms with E-state index in [2.05, 4.69) is 9.97 Å². The zero-order valence-electron chi connectivity index (χ0n) is 12.0. The number of H-pyrrole nitrogens is 1. The lowest BCUT2D eigenvalue weighted by Crippen LogP contribution is -2.04. The van der Waals surface area contributed by atoms with Crippen molar-refractivity contribution in [2.75, 3.05) is 7.11 Å². The monoisotopic (exact) mass is 293 g/mol. The molecule has 5 heteroatoms. The molecule has 2 heterocycles. The highest BCUT2D eigenvalue weighted by Crippen LogP contribution is 2.26. The Morgan fingerprint density at radius 1 is 1.27 bits per heavy atom. The van der Waals surface area contributed by atoms with E-state index in [9.17, 15) is 4.79 Å². The summed E-state index contributed by atoms with van der Waals surface area (Å²) in [6.07, 6.45) is 6.63. The van der Waals surface area contributed by atoms with Crippen molar-refractivity contribution >= 4 is 23.0 Å². The van der Waals surface area contributed by atoms with Crippen molar-refractivity contribution in [3.63, 3.8) is 0 Å². The van der Waals surface area contributed by atoms with Crippen molar-refractivity contribution in [1.29, 1.82) is 0 Å². The fourth-order valence-corrected chi connectivity index (χ4v) is 2.27. The first-order chi connectivity index (χ1) is 10.7. The van der Waals surface area contributed by atoms with Crippen LogP contribution in [0.1, 0.15) is 5.56 Å². The topological polar surface area (TPSA) is 81.0 Å². The van der Waals surface area contributed by atoms with Crippen molar-refractivity contribution < 1.29 is 9.53 Å². The number of ether oxygens (including phenoxy) is 1. The van der Waals surface area contributed by atoms with Crippen LogP contribution < -0.4 is 10.5 Å². The molecule has 5 nitrogen and oxygen atoms in total. The third-order valence-electron chi connectivity index (χ3n) is 3.41. The molecule has 2 aromatic heterocycles. The molecular formula is C17H15N3O2. The summed E-state index contributed by atoms with van der Waals surface area (Å²) in [6.45, 7) is 0. The zero-order valence-corrected chi connectivity index (χ0v) is 12.0. The highest BCUT2D eigenvalue weighted by molar-refractivity contribution is 5.95. The lowest BCUT2D eigenvalue weighted by Gasteiger charge is -2.04. The van der Waals surface area contributed by atoms with Gasteiger partial charge in [-0.3, -0.25) is 4.79 Å². The van der Waals surface area contributed by atoms with Crippen molar-refractivity contribution in [3.05, 3.63) is 54.4 Å². The van der Waals surface area contributed by atoms with E-state index in [0.29, 0.717) is 0 Å². The molecule has 3 rings (SSSR count). The van der Waals surface area contributed by atoms with Gasteiger partial charge in [0.25, 0.3) is 0 Å². The number of hydrogen-bond acceptors (Lipinski definition) is 3. The van der Waals surface area contributed by atoms with E-state index < -0.39 is 5.91 Å². The molecule has 22 heavy (non-hydrogen) atoms. The Bertz CT molecular complexity index is 848. The average molecular weight is 293 g/mol. The Kier molecular flexibility index (Phi) is 3.62. The number of pyridine rings is 1. The molecule has 0 aliphatic carbocycles. The van der Waals surface area contributed by atoms with Gasteiger partial charge in [0, 0.05) is 35.0 Å². The third-order valence-corrected chi connectivity index (χ3v) is 3.41. The van der Waals surface area contributed by atoms with Gasteiger partial charge in [0.1, 0.15) is 11.4 Å². The highest BCUT2D eigenvalue weighted by Gasteiger charge is 2.06. The van der Waals surface area contributed by atoms with Crippen molar-refractivity contribution in [2.24, 2.45) is 5.73 Å². The van der Waals surface area contributed by atoms with Crippen molar-refractivity contribution in [2.45, 2.75) is 0 Å². The highest BCUT2D eigenvalue weighted by atomic mass is 16.5. The third kappa shape index (κ3) is 2.69. The van der Waals surface area contributed by atoms with Crippen LogP contribution in [0.15, 0.2) is 48.8 Å². The maximum atomic E-state index is 10.9. The number of fused-ring (bicyclic) bond motifs is 1. The van der Waals surface area contributed by atoms with Gasteiger partial charge in [0.2, 0.25) is 5.91 Å². The summed E-state index contributed by atoms with van der Waals surface area (Å²) in [7, 11) is 1.64. The fraction of sp³-hybridized carbons (Fsp3) is 0.0588. The molecule has 1 amide bonds. The minimum absolute atomic E-state index is 0.478. The Labute approximate surface area is 127 Å². The van der Waals surface area contributed by atoms with Gasteiger partial charge in [0.05, 0.1) is 7.11 Å². The van der Waals surface area contributed by atoms with Crippen LogP contribution in [0.5, 0.6) is 5.75 Å². The first-order valence-corrected chi connectivity index (χ1v) is 6.76. The van der Waals surface area contributed by atoms with Crippen LogP contribution in [-0.4, -0.2) is 23.0 Å². The molecule has 0 saturated heterocycles. The molecule has 0 aliphatic heterocycles.